The molecule has 2 aromatic carbocycles. The molecule has 2 N–H and O–H groups in total. The van der Waals surface area contributed by atoms with Crippen LogP contribution >= 0.6 is 11.6 Å². The molecular formula is C16H14ClNO2. The molecule has 0 spiro atoms. The fourth-order valence-corrected chi connectivity index (χ4v) is 1.85. The van der Waals surface area contributed by atoms with Gasteiger partial charge in [0.05, 0.1) is 6.42 Å². The van der Waals surface area contributed by atoms with Gasteiger partial charge in [-0.2, -0.15) is 0 Å². The zero-order chi connectivity index (χ0) is 14.5. The standard InChI is InChI=1S/C16H14ClNO2/c1-11(18-14-6-8-15(19)9-7-14)10-16(20)12-2-4-13(17)5-3-12/h2-9,18-19H,1,10H2. The number of carbonyl (C=O) groups is 1. The van der Waals surface area contributed by atoms with Crippen molar-refractivity contribution >= 4 is 23.1 Å². The molecule has 0 aliphatic heterocycles. The maximum atomic E-state index is 12.0. The Hall–Kier alpha value is -2.26. The molecule has 0 unspecified atom stereocenters. The molecule has 0 atom stereocenters. The first kappa shape index (κ1) is 14.2. The maximum absolute atomic E-state index is 12.0. The number of rotatable bonds is 5. The van der Waals surface area contributed by atoms with Crippen LogP contribution in [0.4, 0.5) is 5.69 Å². The zero-order valence-electron chi connectivity index (χ0n) is 10.8. The predicted octanol–water partition coefficient (Wildman–Crippen LogP) is 4.24. The Balaban J connectivity index is 1.95. The molecule has 0 bridgehead atoms. The predicted molar refractivity (Wildman–Crippen MR) is 81.3 cm³/mol. The van der Waals surface area contributed by atoms with Gasteiger partial charge in [-0.1, -0.05) is 18.2 Å². The number of hydrogen-bond acceptors (Lipinski definition) is 3. The van der Waals surface area contributed by atoms with E-state index in [0.29, 0.717) is 16.3 Å². The van der Waals surface area contributed by atoms with Crippen molar-refractivity contribution in [2.45, 2.75) is 6.42 Å². The number of phenols is 1. The average molecular weight is 288 g/mol. The SMILES string of the molecule is C=C(CC(=O)c1ccc(Cl)cc1)Nc1ccc(O)cc1. The normalized spacial score (nSPS) is 10.1. The second kappa shape index (κ2) is 6.26. The molecule has 0 amide bonds. The second-order valence-electron chi connectivity index (χ2n) is 4.38. The van der Waals surface area contributed by atoms with E-state index in [4.69, 9.17) is 11.6 Å². The van der Waals surface area contributed by atoms with Gasteiger partial charge in [-0.3, -0.25) is 4.79 Å². The molecule has 0 fully saturated rings. The molecule has 3 nitrogen and oxygen atoms in total. The third kappa shape index (κ3) is 3.87. The number of hydrogen-bond donors (Lipinski definition) is 2. The summed E-state index contributed by atoms with van der Waals surface area (Å²) in [7, 11) is 0. The number of allylic oxidation sites excluding steroid dienone is 1. The van der Waals surface area contributed by atoms with Crippen molar-refractivity contribution in [3.8, 4) is 5.75 Å². The smallest absolute Gasteiger partial charge is 0.168 e. The Morgan fingerprint density at radius 3 is 2.30 bits per heavy atom. The maximum Gasteiger partial charge on any atom is 0.168 e. The van der Waals surface area contributed by atoms with Crippen molar-refractivity contribution in [1.29, 1.82) is 0 Å². The van der Waals surface area contributed by atoms with Crippen molar-refractivity contribution in [3.63, 3.8) is 0 Å². The lowest BCUT2D eigenvalue weighted by atomic mass is 10.1. The van der Waals surface area contributed by atoms with Crippen molar-refractivity contribution in [2.75, 3.05) is 5.32 Å². The van der Waals surface area contributed by atoms with Gasteiger partial charge in [0.25, 0.3) is 0 Å². The van der Waals surface area contributed by atoms with E-state index in [1.54, 1.807) is 48.5 Å². The summed E-state index contributed by atoms with van der Waals surface area (Å²) < 4.78 is 0. The number of Topliss-reactive ketones (excluding diaryl/α,β-unsaturated/α-hetero) is 1. The van der Waals surface area contributed by atoms with Crippen molar-refractivity contribution in [1.82, 2.24) is 0 Å². The Morgan fingerprint density at radius 2 is 1.70 bits per heavy atom. The lowest BCUT2D eigenvalue weighted by Gasteiger charge is -2.09. The van der Waals surface area contributed by atoms with E-state index in [1.165, 1.54) is 0 Å². The average Bonchev–Trinajstić information content (AvgIpc) is 2.42. The number of ketones is 1. The Bertz CT molecular complexity index is 618. The lowest BCUT2D eigenvalue weighted by molar-refractivity contribution is 0.0993. The minimum Gasteiger partial charge on any atom is -0.508 e. The number of phenolic OH excluding ortho intramolecular Hbond substituents is 1. The van der Waals surface area contributed by atoms with Gasteiger partial charge < -0.3 is 10.4 Å². The van der Waals surface area contributed by atoms with Crippen LogP contribution in [-0.2, 0) is 0 Å². The topological polar surface area (TPSA) is 49.3 Å². The molecule has 0 aliphatic carbocycles. The molecule has 2 rings (SSSR count). The van der Waals surface area contributed by atoms with Crippen LogP contribution in [0.25, 0.3) is 0 Å². The number of aromatic hydroxyl groups is 1. The van der Waals surface area contributed by atoms with E-state index in [-0.39, 0.29) is 18.0 Å². The molecule has 0 radical (unpaired) electrons. The summed E-state index contributed by atoms with van der Waals surface area (Å²) in [6.07, 6.45) is 0.197. The van der Waals surface area contributed by atoms with Gasteiger partial charge in [0.1, 0.15) is 5.75 Å². The third-order valence-corrected chi connectivity index (χ3v) is 2.98. The van der Waals surface area contributed by atoms with Crippen LogP contribution in [0.3, 0.4) is 0 Å². The van der Waals surface area contributed by atoms with E-state index >= 15 is 0 Å². The summed E-state index contributed by atoms with van der Waals surface area (Å²) in [5.41, 5.74) is 1.97. The summed E-state index contributed by atoms with van der Waals surface area (Å²) in [4.78, 5) is 12.0. The quantitative estimate of drug-likeness (QED) is 0.638. The van der Waals surface area contributed by atoms with Crippen LogP contribution in [0.2, 0.25) is 5.02 Å². The number of benzene rings is 2. The molecule has 0 saturated carbocycles. The van der Waals surface area contributed by atoms with Gasteiger partial charge >= 0.3 is 0 Å². The highest BCUT2D eigenvalue weighted by molar-refractivity contribution is 6.30. The van der Waals surface area contributed by atoms with Crippen LogP contribution in [0.15, 0.2) is 60.8 Å². The third-order valence-electron chi connectivity index (χ3n) is 2.73. The molecule has 0 aliphatic rings. The second-order valence-corrected chi connectivity index (χ2v) is 4.82. The Kier molecular flexibility index (Phi) is 4.43. The molecule has 0 saturated heterocycles. The van der Waals surface area contributed by atoms with Crippen molar-refractivity contribution in [2.24, 2.45) is 0 Å². The van der Waals surface area contributed by atoms with Gasteiger partial charge in [-0.15, -0.1) is 0 Å². The zero-order valence-corrected chi connectivity index (χ0v) is 11.5. The molecule has 0 heterocycles. The number of anilines is 1. The van der Waals surface area contributed by atoms with Crippen LogP contribution < -0.4 is 5.32 Å². The number of carbonyl (C=O) groups excluding carboxylic acids is 1. The van der Waals surface area contributed by atoms with Gasteiger partial charge in [-0.05, 0) is 48.5 Å². The number of halogens is 1. The van der Waals surface area contributed by atoms with E-state index in [1.807, 2.05) is 0 Å². The van der Waals surface area contributed by atoms with Crippen molar-refractivity contribution in [3.05, 3.63) is 71.4 Å². The number of nitrogens with one attached hydrogen (secondary N) is 1. The highest BCUT2D eigenvalue weighted by Gasteiger charge is 2.08. The molecule has 20 heavy (non-hydrogen) atoms. The van der Waals surface area contributed by atoms with Gasteiger partial charge in [-0.25, -0.2) is 0 Å². The fraction of sp³-hybridized carbons (Fsp3) is 0.0625. The van der Waals surface area contributed by atoms with Gasteiger partial charge in [0, 0.05) is 22.0 Å². The minimum absolute atomic E-state index is 0.0297. The van der Waals surface area contributed by atoms with E-state index in [9.17, 15) is 9.90 Å². The molecule has 0 aromatic heterocycles. The van der Waals surface area contributed by atoms with Crippen LogP contribution in [0, 0.1) is 0 Å². The summed E-state index contributed by atoms with van der Waals surface area (Å²) in [5.74, 6) is 0.163. The summed E-state index contributed by atoms with van der Waals surface area (Å²) in [6, 6.07) is 13.3. The highest BCUT2D eigenvalue weighted by Crippen LogP contribution is 2.17. The first-order valence-corrected chi connectivity index (χ1v) is 6.45. The van der Waals surface area contributed by atoms with Crippen LogP contribution in [-0.4, -0.2) is 10.9 Å². The summed E-state index contributed by atoms with van der Waals surface area (Å²) in [6.45, 7) is 3.83. The summed E-state index contributed by atoms with van der Waals surface area (Å²) in [5, 5.41) is 12.8. The first-order valence-electron chi connectivity index (χ1n) is 6.07. The molecule has 4 heteroatoms. The minimum atomic E-state index is -0.0297. The van der Waals surface area contributed by atoms with Crippen molar-refractivity contribution < 1.29 is 9.90 Å². The van der Waals surface area contributed by atoms with Gasteiger partial charge in [0.2, 0.25) is 0 Å². The fourth-order valence-electron chi connectivity index (χ4n) is 1.72. The summed E-state index contributed by atoms with van der Waals surface area (Å²) >= 11 is 5.78. The van der Waals surface area contributed by atoms with E-state index < -0.39 is 0 Å². The molecule has 102 valence electrons. The van der Waals surface area contributed by atoms with E-state index in [0.717, 1.165) is 5.69 Å². The van der Waals surface area contributed by atoms with E-state index in [2.05, 4.69) is 11.9 Å². The molecule has 2 aromatic rings. The largest absolute Gasteiger partial charge is 0.508 e. The first-order chi connectivity index (χ1) is 9.54. The van der Waals surface area contributed by atoms with Gasteiger partial charge in [0.15, 0.2) is 5.78 Å². The van der Waals surface area contributed by atoms with Crippen LogP contribution in [0.5, 0.6) is 5.75 Å². The monoisotopic (exact) mass is 287 g/mol. The molecular weight excluding hydrogens is 274 g/mol. The Labute approximate surface area is 122 Å². The lowest BCUT2D eigenvalue weighted by Crippen LogP contribution is -2.06. The highest BCUT2D eigenvalue weighted by atomic mass is 35.5. The Morgan fingerprint density at radius 1 is 1.10 bits per heavy atom. The van der Waals surface area contributed by atoms with Crippen LogP contribution in [0.1, 0.15) is 16.8 Å².